The van der Waals surface area contributed by atoms with Crippen LogP contribution in [0.3, 0.4) is 0 Å². The monoisotopic (exact) mass is 399 g/mol. The highest BCUT2D eigenvalue weighted by molar-refractivity contribution is 5.92. The zero-order valence-electron chi connectivity index (χ0n) is 15.5. The molecule has 0 aromatic carbocycles. The van der Waals surface area contributed by atoms with Crippen LogP contribution in [0.4, 0.5) is 14.6 Å². The zero-order valence-corrected chi connectivity index (χ0v) is 15.5. The van der Waals surface area contributed by atoms with Crippen LogP contribution in [0.25, 0.3) is 0 Å². The van der Waals surface area contributed by atoms with Gasteiger partial charge in [0.1, 0.15) is 0 Å². The molecular formula is C17H23F2N5O4. The minimum absolute atomic E-state index is 0.0305. The molecular weight excluding hydrogens is 376 g/mol. The van der Waals surface area contributed by atoms with Crippen LogP contribution in [0.15, 0.2) is 6.20 Å². The molecule has 0 radical (unpaired) electrons. The number of anilines is 1. The van der Waals surface area contributed by atoms with Crippen LogP contribution in [0, 0.1) is 11.1 Å². The summed E-state index contributed by atoms with van der Waals surface area (Å²) in [4.78, 5) is 27.2. The number of rotatable bonds is 8. The fourth-order valence-corrected chi connectivity index (χ4v) is 3.32. The Morgan fingerprint density at radius 1 is 1.43 bits per heavy atom. The summed E-state index contributed by atoms with van der Waals surface area (Å²) in [5.41, 5.74) is -1.07. The molecule has 3 fully saturated rings. The van der Waals surface area contributed by atoms with Gasteiger partial charge in [0.15, 0.2) is 11.5 Å². The van der Waals surface area contributed by atoms with E-state index >= 15 is 0 Å². The lowest BCUT2D eigenvalue weighted by atomic mass is 9.85. The number of quaternary nitrogens is 1. The summed E-state index contributed by atoms with van der Waals surface area (Å²) in [5, 5.41) is 14.2. The Morgan fingerprint density at radius 3 is 2.68 bits per heavy atom. The first-order valence-corrected chi connectivity index (χ1v) is 9.35. The number of carbonyl (C=O) groups is 1. The van der Waals surface area contributed by atoms with Crippen molar-refractivity contribution in [3.05, 3.63) is 17.1 Å². The number of hydroxylamine groups is 2. The molecule has 0 bridgehead atoms. The third kappa shape index (κ3) is 3.74. The van der Waals surface area contributed by atoms with Crippen LogP contribution in [-0.4, -0.2) is 54.3 Å². The Bertz CT molecular complexity index is 749. The summed E-state index contributed by atoms with van der Waals surface area (Å²) in [6.45, 7) is -0.514. The second kappa shape index (κ2) is 7.05. The summed E-state index contributed by atoms with van der Waals surface area (Å²) in [7, 11) is 1.27. The number of nitrogens with one attached hydrogen (secondary N) is 2. The number of alkyl halides is 2. The van der Waals surface area contributed by atoms with Crippen LogP contribution in [0.1, 0.15) is 42.6 Å². The summed E-state index contributed by atoms with van der Waals surface area (Å²) in [5.74, 6) is -2.65. The van der Waals surface area contributed by atoms with Crippen molar-refractivity contribution in [3.8, 4) is 5.88 Å². The number of ether oxygens (including phenoxy) is 1. The van der Waals surface area contributed by atoms with Gasteiger partial charge in [-0.1, -0.05) is 0 Å². The number of nitrogens with zero attached hydrogens (tertiary/aromatic N) is 3. The van der Waals surface area contributed by atoms with E-state index in [2.05, 4.69) is 15.3 Å². The lowest BCUT2D eigenvalue weighted by molar-refractivity contribution is -1.10. The van der Waals surface area contributed by atoms with Gasteiger partial charge in [0.2, 0.25) is 5.66 Å². The smallest absolute Gasteiger partial charge is 0.282 e. The molecule has 154 valence electrons. The lowest BCUT2D eigenvalue weighted by Crippen LogP contribution is -3.19. The van der Waals surface area contributed by atoms with E-state index < -0.39 is 35.8 Å². The first-order valence-electron chi connectivity index (χ1n) is 9.35. The molecule has 28 heavy (non-hydrogen) atoms. The maximum absolute atomic E-state index is 13.2. The normalized spacial score (nSPS) is 23.4. The maximum Gasteiger partial charge on any atom is 0.282 e. The van der Waals surface area contributed by atoms with E-state index in [1.54, 1.807) is 0 Å². The van der Waals surface area contributed by atoms with Crippen molar-refractivity contribution in [1.82, 2.24) is 15.3 Å². The Morgan fingerprint density at radius 2 is 2.14 bits per heavy atom. The van der Waals surface area contributed by atoms with Gasteiger partial charge in [-0.2, -0.15) is 0 Å². The van der Waals surface area contributed by atoms with E-state index in [1.807, 2.05) is 0 Å². The minimum Gasteiger partial charge on any atom is -0.598 e. The first kappa shape index (κ1) is 19.2. The highest BCUT2D eigenvalue weighted by atomic mass is 19.3. The highest BCUT2D eigenvalue weighted by Crippen LogP contribution is 2.36. The number of aromatic nitrogens is 2. The van der Waals surface area contributed by atoms with Gasteiger partial charge in [0.05, 0.1) is 33.0 Å². The van der Waals surface area contributed by atoms with Crippen LogP contribution >= 0.6 is 0 Å². The average Bonchev–Trinajstić information content (AvgIpc) is 3.44. The molecule has 1 saturated heterocycles. The molecule has 1 unspecified atom stereocenters. The lowest BCUT2D eigenvalue weighted by Gasteiger charge is -2.46. The third-order valence-electron chi connectivity index (χ3n) is 5.39. The summed E-state index contributed by atoms with van der Waals surface area (Å²) in [6, 6.07) is 0. The van der Waals surface area contributed by atoms with E-state index in [1.165, 1.54) is 18.2 Å². The summed E-state index contributed by atoms with van der Waals surface area (Å²) in [6.07, 6.45) is 5.10. The van der Waals surface area contributed by atoms with E-state index in [4.69, 9.17) is 9.57 Å². The van der Waals surface area contributed by atoms with Crippen molar-refractivity contribution in [2.24, 2.45) is 5.92 Å². The molecule has 1 amide bonds. The molecule has 1 atom stereocenters. The van der Waals surface area contributed by atoms with Crippen molar-refractivity contribution < 1.29 is 28.4 Å². The van der Waals surface area contributed by atoms with Gasteiger partial charge in [-0.15, -0.1) is 0 Å². The van der Waals surface area contributed by atoms with E-state index in [0.29, 0.717) is 25.4 Å². The van der Waals surface area contributed by atoms with Gasteiger partial charge in [-0.25, -0.2) is 28.8 Å². The number of hydrogen-bond acceptors (Lipinski definition) is 7. The number of hydrogen-bond donors (Lipinski definition) is 2. The molecule has 2 N–H and O–H groups in total. The molecule has 4 rings (SSSR count). The molecule has 2 saturated carbocycles. The Labute approximate surface area is 160 Å². The largest absolute Gasteiger partial charge is 0.598 e. The van der Waals surface area contributed by atoms with E-state index in [9.17, 15) is 18.8 Å². The van der Waals surface area contributed by atoms with Crippen molar-refractivity contribution in [3.63, 3.8) is 0 Å². The molecule has 0 spiro atoms. The van der Waals surface area contributed by atoms with Crippen molar-refractivity contribution in [2.75, 3.05) is 31.7 Å². The molecule has 2 aliphatic carbocycles. The molecule has 1 aromatic heterocycles. The van der Waals surface area contributed by atoms with Crippen LogP contribution < -0.4 is 20.2 Å². The van der Waals surface area contributed by atoms with Gasteiger partial charge in [-0.05, 0) is 25.2 Å². The van der Waals surface area contributed by atoms with Crippen LogP contribution in [0.2, 0.25) is 0 Å². The second-order valence-electron chi connectivity index (χ2n) is 7.73. The van der Waals surface area contributed by atoms with E-state index in [-0.39, 0.29) is 17.4 Å². The highest BCUT2D eigenvalue weighted by Gasteiger charge is 2.47. The van der Waals surface area contributed by atoms with E-state index in [0.717, 1.165) is 19.3 Å². The molecule has 2 heterocycles. The van der Waals surface area contributed by atoms with Crippen molar-refractivity contribution in [2.45, 2.75) is 43.7 Å². The van der Waals surface area contributed by atoms with Gasteiger partial charge in [0.25, 0.3) is 17.7 Å². The second-order valence-corrected chi connectivity index (χ2v) is 7.73. The number of carbonyl (C=O) groups excluding carboxylic acids is 1. The van der Waals surface area contributed by atoms with Crippen LogP contribution in [-0.2, 0) is 4.84 Å². The van der Waals surface area contributed by atoms with Crippen molar-refractivity contribution >= 4 is 11.7 Å². The fourth-order valence-electron chi connectivity index (χ4n) is 3.32. The number of amides is 1. The third-order valence-corrected chi connectivity index (χ3v) is 5.39. The summed E-state index contributed by atoms with van der Waals surface area (Å²) < 4.78 is 32.2. The van der Waals surface area contributed by atoms with Gasteiger partial charge < -0.3 is 14.8 Å². The first-order chi connectivity index (χ1) is 13.3. The Kier molecular flexibility index (Phi) is 4.84. The molecule has 1 aromatic rings. The van der Waals surface area contributed by atoms with Gasteiger partial charge >= 0.3 is 0 Å². The average molecular weight is 399 g/mol. The predicted octanol–water partition coefficient (Wildman–Crippen LogP) is 0.275. The van der Waals surface area contributed by atoms with Crippen molar-refractivity contribution in [1.29, 1.82) is 0 Å². The number of halogens is 2. The Hall–Kier alpha value is -2.11. The topological polar surface area (TPSA) is 104 Å². The predicted molar refractivity (Wildman–Crippen MR) is 92.8 cm³/mol. The maximum atomic E-state index is 13.2. The SMILES string of the molecule is CO[NH+]([O-])C1(NC(=O)c2cnc(N3CC(F)(F)C3)c(OCC3CC3)n2)CCC1. The fraction of sp³-hybridized carbons (Fsp3) is 0.706. The van der Waals surface area contributed by atoms with Gasteiger partial charge in [-0.3, -0.25) is 10.1 Å². The zero-order chi connectivity index (χ0) is 19.9. The quantitative estimate of drug-likeness (QED) is 0.478. The molecule has 1 aliphatic heterocycles. The van der Waals surface area contributed by atoms with Gasteiger partial charge in [0, 0.05) is 12.8 Å². The Balaban J connectivity index is 1.51. The molecule has 11 heteroatoms. The minimum atomic E-state index is -2.76. The molecule has 3 aliphatic rings. The standard InChI is InChI=1S/C17H23F2N5O4/c1-27-24(26)17(5-2-6-17)22-14(25)12-7-20-13(23-9-16(18,19)10-23)15(21-12)28-8-11-3-4-11/h7,11,24H,2-6,8-10H2,1H3,(H,22,25). The van der Waals surface area contributed by atoms with Crippen LogP contribution in [0.5, 0.6) is 5.88 Å². The summed E-state index contributed by atoms with van der Waals surface area (Å²) >= 11 is 0. The molecule has 9 nitrogen and oxygen atoms in total.